The van der Waals surface area contributed by atoms with Crippen LogP contribution in [-0.2, 0) is 5.60 Å². The molecular weight excluding hydrogens is 214 g/mol. The second-order valence-corrected chi connectivity index (χ2v) is 3.72. The molecule has 3 nitrogen and oxygen atoms in total. The fourth-order valence-electron chi connectivity index (χ4n) is 1.51. The van der Waals surface area contributed by atoms with Gasteiger partial charge in [-0.2, -0.15) is 0 Å². The Bertz CT molecular complexity index is 430. The van der Waals surface area contributed by atoms with Crippen molar-refractivity contribution in [3.05, 3.63) is 60.9 Å². The molecule has 1 aromatic rings. The lowest BCUT2D eigenvalue weighted by Crippen LogP contribution is -2.23. The molecule has 0 saturated heterocycles. The van der Waals surface area contributed by atoms with E-state index in [-0.39, 0.29) is 0 Å². The van der Waals surface area contributed by atoms with Gasteiger partial charge >= 0.3 is 0 Å². The lowest BCUT2D eigenvalue weighted by Gasteiger charge is -2.25. The van der Waals surface area contributed by atoms with Crippen molar-refractivity contribution in [2.24, 2.45) is 0 Å². The van der Waals surface area contributed by atoms with Gasteiger partial charge in [-0.05, 0) is 18.6 Å². The third kappa shape index (κ3) is 2.82. The highest BCUT2D eigenvalue weighted by Gasteiger charge is 2.26. The molecule has 1 N–H and O–H groups in total. The number of aliphatic hydroxyl groups is 1. The first-order chi connectivity index (χ1) is 8.06. The van der Waals surface area contributed by atoms with Gasteiger partial charge in [0.15, 0.2) is 0 Å². The van der Waals surface area contributed by atoms with E-state index in [0.717, 1.165) is 0 Å². The summed E-state index contributed by atoms with van der Waals surface area (Å²) in [6.07, 6.45) is 6.52. The first-order valence-electron chi connectivity index (χ1n) is 5.24. The number of rotatable bonds is 5. The van der Waals surface area contributed by atoms with E-state index in [1.165, 1.54) is 0 Å². The first-order valence-corrected chi connectivity index (χ1v) is 5.24. The van der Waals surface area contributed by atoms with E-state index < -0.39 is 5.60 Å². The van der Waals surface area contributed by atoms with Crippen molar-refractivity contribution in [1.29, 1.82) is 0 Å². The summed E-state index contributed by atoms with van der Waals surface area (Å²) >= 11 is 0. The van der Waals surface area contributed by atoms with Crippen molar-refractivity contribution in [3.8, 4) is 5.88 Å². The van der Waals surface area contributed by atoms with Crippen LogP contribution in [-0.4, -0.2) is 17.2 Å². The molecule has 0 spiro atoms. The topological polar surface area (TPSA) is 42.4 Å². The summed E-state index contributed by atoms with van der Waals surface area (Å²) in [5.74, 6) is 0.511. The molecule has 3 heteroatoms. The Morgan fingerprint density at radius 3 is 2.59 bits per heavy atom. The third-order valence-electron chi connectivity index (χ3n) is 2.59. The molecule has 0 radical (unpaired) electrons. The minimum absolute atomic E-state index is 0.511. The monoisotopic (exact) mass is 231 g/mol. The normalized spacial score (nSPS) is 14.9. The lowest BCUT2D eigenvalue weighted by atomic mass is 9.88. The summed E-state index contributed by atoms with van der Waals surface area (Å²) in [6, 6.07) is 3.48. The van der Waals surface area contributed by atoms with Gasteiger partial charge in [-0.1, -0.05) is 31.4 Å². The summed E-state index contributed by atoms with van der Waals surface area (Å²) in [5, 5.41) is 10.5. The predicted octanol–water partition coefficient (Wildman–Crippen LogP) is 2.60. The quantitative estimate of drug-likeness (QED) is 0.792. The molecular formula is C14H17NO2. The first kappa shape index (κ1) is 13.2. The maximum absolute atomic E-state index is 10.5. The number of pyridine rings is 1. The highest BCUT2D eigenvalue weighted by atomic mass is 16.5. The van der Waals surface area contributed by atoms with Crippen LogP contribution in [0, 0.1) is 0 Å². The fraction of sp³-hybridized carbons (Fsp3) is 0.214. The van der Waals surface area contributed by atoms with Crippen LogP contribution in [0.25, 0.3) is 0 Å². The van der Waals surface area contributed by atoms with Gasteiger partial charge in [0, 0.05) is 17.8 Å². The van der Waals surface area contributed by atoms with Crippen LogP contribution >= 0.6 is 0 Å². The van der Waals surface area contributed by atoms with E-state index >= 15 is 0 Å². The number of hydrogen-bond donors (Lipinski definition) is 1. The van der Waals surface area contributed by atoms with Gasteiger partial charge in [0.25, 0.3) is 0 Å². The molecule has 0 bridgehead atoms. The molecule has 0 fully saturated rings. The molecule has 0 amide bonds. The van der Waals surface area contributed by atoms with E-state index in [4.69, 9.17) is 4.74 Å². The average molecular weight is 231 g/mol. The molecule has 1 rings (SSSR count). The molecule has 0 aliphatic carbocycles. The molecule has 1 atom stereocenters. The van der Waals surface area contributed by atoms with E-state index in [1.807, 2.05) is 0 Å². The zero-order valence-corrected chi connectivity index (χ0v) is 10.2. The SMILES string of the molecule is C=C/C=C(\C=C)C(C)(O)c1ccc(OC)nc1. The van der Waals surface area contributed by atoms with Gasteiger partial charge in [0.05, 0.1) is 7.11 Å². The van der Waals surface area contributed by atoms with Crippen LogP contribution in [0.2, 0.25) is 0 Å². The number of aromatic nitrogens is 1. The van der Waals surface area contributed by atoms with Crippen LogP contribution in [0.4, 0.5) is 0 Å². The zero-order chi connectivity index (χ0) is 12.9. The molecule has 0 saturated carbocycles. The molecule has 90 valence electrons. The highest BCUT2D eigenvalue weighted by Crippen LogP contribution is 2.29. The van der Waals surface area contributed by atoms with Crippen molar-refractivity contribution >= 4 is 0 Å². The van der Waals surface area contributed by atoms with Crippen LogP contribution < -0.4 is 4.74 Å². The van der Waals surface area contributed by atoms with Crippen LogP contribution in [0.1, 0.15) is 12.5 Å². The lowest BCUT2D eigenvalue weighted by molar-refractivity contribution is 0.101. The summed E-state index contributed by atoms with van der Waals surface area (Å²) < 4.78 is 4.97. The third-order valence-corrected chi connectivity index (χ3v) is 2.59. The Labute approximate surface area is 102 Å². The molecule has 1 aromatic heterocycles. The molecule has 0 aromatic carbocycles. The average Bonchev–Trinajstić information content (AvgIpc) is 2.35. The van der Waals surface area contributed by atoms with E-state index in [9.17, 15) is 5.11 Å². The van der Waals surface area contributed by atoms with Crippen molar-refractivity contribution < 1.29 is 9.84 Å². The van der Waals surface area contributed by atoms with E-state index in [0.29, 0.717) is 17.0 Å². The second kappa shape index (κ2) is 5.46. The fourth-order valence-corrected chi connectivity index (χ4v) is 1.51. The number of ether oxygens (including phenoxy) is 1. The van der Waals surface area contributed by atoms with Gasteiger partial charge in [-0.25, -0.2) is 4.98 Å². The van der Waals surface area contributed by atoms with Crippen LogP contribution in [0.5, 0.6) is 5.88 Å². The van der Waals surface area contributed by atoms with E-state index in [1.54, 1.807) is 50.6 Å². The Morgan fingerprint density at radius 2 is 2.18 bits per heavy atom. The Kier molecular flexibility index (Phi) is 4.24. The predicted molar refractivity (Wildman–Crippen MR) is 68.8 cm³/mol. The van der Waals surface area contributed by atoms with Crippen molar-refractivity contribution in [1.82, 2.24) is 4.98 Å². The summed E-state index contributed by atoms with van der Waals surface area (Å²) in [7, 11) is 1.55. The van der Waals surface area contributed by atoms with Crippen LogP contribution in [0.3, 0.4) is 0 Å². The highest BCUT2D eigenvalue weighted by molar-refractivity contribution is 5.38. The van der Waals surface area contributed by atoms with Gasteiger partial charge in [-0.15, -0.1) is 0 Å². The maximum Gasteiger partial charge on any atom is 0.212 e. The Hall–Kier alpha value is -1.87. The summed E-state index contributed by atoms with van der Waals surface area (Å²) in [5.41, 5.74) is 0.195. The number of allylic oxidation sites excluding steroid dienone is 2. The number of nitrogens with zero attached hydrogens (tertiary/aromatic N) is 1. The number of hydrogen-bond acceptors (Lipinski definition) is 3. The molecule has 1 heterocycles. The minimum atomic E-state index is -1.14. The molecule has 0 aliphatic heterocycles. The number of methoxy groups -OCH3 is 1. The minimum Gasteiger partial charge on any atom is -0.481 e. The molecule has 0 aliphatic rings. The van der Waals surface area contributed by atoms with Gasteiger partial charge in [0.2, 0.25) is 5.88 Å². The van der Waals surface area contributed by atoms with Crippen molar-refractivity contribution in [2.45, 2.75) is 12.5 Å². The van der Waals surface area contributed by atoms with Gasteiger partial charge in [-0.3, -0.25) is 0 Å². The Balaban J connectivity index is 3.14. The van der Waals surface area contributed by atoms with Crippen molar-refractivity contribution in [3.63, 3.8) is 0 Å². The zero-order valence-electron chi connectivity index (χ0n) is 10.2. The second-order valence-electron chi connectivity index (χ2n) is 3.72. The molecule has 17 heavy (non-hydrogen) atoms. The summed E-state index contributed by atoms with van der Waals surface area (Å²) in [6.45, 7) is 8.98. The van der Waals surface area contributed by atoms with E-state index in [2.05, 4.69) is 18.1 Å². The maximum atomic E-state index is 10.5. The van der Waals surface area contributed by atoms with Crippen LogP contribution in [0.15, 0.2) is 55.3 Å². The Morgan fingerprint density at radius 1 is 1.47 bits per heavy atom. The molecule has 1 unspecified atom stereocenters. The van der Waals surface area contributed by atoms with Crippen molar-refractivity contribution in [2.75, 3.05) is 7.11 Å². The van der Waals surface area contributed by atoms with Gasteiger partial charge in [0.1, 0.15) is 5.60 Å². The largest absolute Gasteiger partial charge is 0.481 e. The van der Waals surface area contributed by atoms with Gasteiger partial charge < -0.3 is 9.84 Å². The standard InChI is InChI=1S/C14H17NO2/c1-5-7-11(6-2)14(3,16)12-8-9-13(17-4)15-10-12/h5-10,16H,1-2H2,3-4H3/b11-7+. The summed E-state index contributed by atoms with van der Waals surface area (Å²) in [4.78, 5) is 4.07. The smallest absolute Gasteiger partial charge is 0.212 e.